The van der Waals surface area contributed by atoms with Crippen LogP contribution < -0.4 is 15.9 Å². The molecule has 244 valence electrons. The molecule has 0 aromatic heterocycles. The van der Waals surface area contributed by atoms with E-state index >= 15 is 0 Å². The third-order valence-corrected chi connectivity index (χ3v) is 14.4. The SMILES string of the molecule is C=CCOC(=O)C(N1C(=O)C(C(C)OC(=O)OCC(Cl)(Cl)Cl)C1SC(=S)S)[PH](c1ccccc1)(c1ccccc1)c1ccccc1. The van der Waals surface area contributed by atoms with Crippen molar-refractivity contribution in [2.24, 2.45) is 5.92 Å². The molecule has 0 N–H and O–H groups in total. The number of thioether (sulfide) groups is 1. The third kappa shape index (κ3) is 8.21. The number of likely N-dealkylation sites (tertiary alicyclic amines) is 1. The van der Waals surface area contributed by atoms with Crippen molar-refractivity contribution in [1.82, 2.24) is 4.90 Å². The van der Waals surface area contributed by atoms with Crippen molar-refractivity contribution in [3.05, 3.63) is 104 Å². The van der Waals surface area contributed by atoms with Crippen LogP contribution in [0.2, 0.25) is 0 Å². The number of esters is 1. The van der Waals surface area contributed by atoms with E-state index in [0.717, 1.165) is 27.7 Å². The van der Waals surface area contributed by atoms with Crippen LogP contribution in [0.15, 0.2) is 104 Å². The number of hydrogen-bond donors (Lipinski definition) is 1. The van der Waals surface area contributed by atoms with Crippen LogP contribution in [-0.4, -0.2) is 60.7 Å². The number of carbonyl (C=O) groups is 3. The van der Waals surface area contributed by atoms with E-state index in [-0.39, 0.29) is 10.1 Å². The summed E-state index contributed by atoms with van der Waals surface area (Å²) < 4.78 is 14.5. The third-order valence-electron chi connectivity index (χ3n) is 7.43. The van der Waals surface area contributed by atoms with Gasteiger partial charge >= 0.3 is 300 Å². The number of alkyl halides is 3. The van der Waals surface area contributed by atoms with Gasteiger partial charge in [-0.15, -0.1) is 0 Å². The van der Waals surface area contributed by atoms with E-state index in [4.69, 9.17) is 61.2 Å². The molecular weight excluding hydrogens is 728 g/mol. The Morgan fingerprint density at radius 2 is 1.46 bits per heavy atom. The average molecular weight is 759 g/mol. The van der Waals surface area contributed by atoms with Gasteiger partial charge in [0, 0.05) is 0 Å². The van der Waals surface area contributed by atoms with Crippen molar-refractivity contribution in [3.63, 3.8) is 0 Å². The van der Waals surface area contributed by atoms with E-state index in [1.165, 1.54) is 11.0 Å². The topological polar surface area (TPSA) is 82.1 Å². The molecule has 0 aliphatic carbocycles. The Bertz CT molecular complexity index is 1450. The summed E-state index contributed by atoms with van der Waals surface area (Å²) in [4.78, 5) is 42.9. The number of halogens is 3. The molecule has 1 aliphatic rings. The van der Waals surface area contributed by atoms with Crippen molar-refractivity contribution in [2.45, 2.75) is 28.0 Å². The van der Waals surface area contributed by atoms with Crippen molar-refractivity contribution in [3.8, 4) is 0 Å². The van der Waals surface area contributed by atoms with E-state index in [0.29, 0.717) is 0 Å². The fourth-order valence-corrected chi connectivity index (χ4v) is 12.8. The van der Waals surface area contributed by atoms with Crippen molar-refractivity contribution in [1.29, 1.82) is 0 Å². The van der Waals surface area contributed by atoms with Gasteiger partial charge < -0.3 is 0 Å². The van der Waals surface area contributed by atoms with E-state index < -0.39 is 58.9 Å². The van der Waals surface area contributed by atoms with Gasteiger partial charge in [-0.3, -0.25) is 0 Å². The van der Waals surface area contributed by atoms with Crippen LogP contribution in [0, 0.1) is 5.92 Å². The Labute approximate surface area is 298 Å². The van der Waals surface area contributed by atoms with Crippen LogP contribution in [0.1, 0.15) is 6.92 Å². The fourth-order valence-electron chi connectivity index (χ4n) is 5.65. The minimum absolute atomic E-state index is 0.0685. The second-order valence-corrected chi connectivity index (χ2v) is 19.5. The Kier molecular flexibility index (Phi) is 12.9. The fraction of sp³-hybridized carbons (Fsp3) is 0.250. The first-order chi connectivity index (χ1) is 21.9. The number of ether oxygens (including phenoxy) is 3. The Hall–Kier alpha value is -2.30. The van der Waals surface area contributed by atoms with Crippen molar-refractivity contribution >= 4 is 116 Å². The Morgan fingerprint density at radius 3 is 1.87 bits per heavy atom. The molecule has 4 unspecified atom stereocenters. The van der Waals surface area contributed by atoms with Crippen molar-refractivity contribution < 1.29 is 28.6 Å². The van der Waals surface area contributed by atoms with Crippen LogP contribution >= 0.6 is 78.7 Å². The second kappa shape index (κ2) is 16.2. The van der Waals surface area contributed by atoms with Crippen molar-refractivity contribution in [2.75, 3.05) is 13.2 Å². The number of nitrogens with zero attached hydrogens (tertiary/aromatic N) is 1. The number of carbonyl (C=O) groups excluding carboxylic acids is 3. The number of β-lactam (4-membered cyclic amide) rings is 1. The van der Waals surface area contributed by atoms with Gasteiger partial charge in [0.15, 0.2) is 0 Å². The van der Waals surface area contributed by atoms with Gasteiger partial charge in [-0.05, 0) is 0 Å². The number of amides is 1. The molecule has 0 bridgehead atoms. The summed E-state index contributed by atoms with van der Waals surface area (Å²) in [6, 6.07) is 29.0. The zero-order valence-electron chi connectivity index (χ0n) is 24.5. The molecule has 7 nitrogen and oxygen atoms in total. The van der Waals surface area contributed by atoms with E-state index in [1.54, 1.807) is 6.92 Å². The van der Waals surface area contributed by atoms with E-state index in [1.807, 2.05) is 91.0 Å². The molecule has 1 saturated heterocycles. The monoisotopic (exact) mass is 757 g/mol. The molecule has 0 radical (unpaired) electrons. The number of rotatable bonds is 12. The molecular formula is C32H31Cl3NO6PS3. The standard InChI is InChI=1S/C32H31Cl3NO6PS3/c1-3-19-40-29(38)27(36-26(37)25(28(36)46-31(44)45)21(2)42-30(39)41-20-32(33,34)35)43(22-13-7-4-8-14-22,23-15-9-5-10-16-23)24-17-11-6-12-18-24/h3-18,21,25,27-28,43H,1,19-20H2,2H3,(H,44,45). The first kappa shape index (κ1) is 36.5. The predicted octanol–water partition coefficient (Wildman–Crippen LogP) is 6.41. The molecule has 1 amide bonds. The summed E-state index contributed by atoms with van der Waals surface area (Å²) in [5.74, 6) is -3.09. The zero-order valence-corrected chi connectivity index (χ0v) is 30.3. The van der Waals surface area contributed by atoms with Crippen LogP contribution in [0.3, 0.4) is 0 Å². The molecule has 4 atom stereocenters. The quantitative estimate of drug-likeness (QED) is 0.0432. The summed E-state index contributed by atoms with van der Waals surface area (Å²) in [6.45, 7) is 4.63. The molecule has 3 aromatic rings. The van der Waals surface area contributed by atoms with Gasteiger partial charge in [0.1, 0.15) is 0 Å². The summed E-state index contributed by atoms with van der Waals surface area (Å²) in [6.07, 6.45) is -0.649. The molecule has 0 saturated carbocycles. The maximum absolute atomic E-state index is 14.5. The predicted molar refractivity (Wildman–Crippen MR) is 197 cm³/mol. The first-order valence-corrected chi connectivity index (χ1v) is 18.9. The van der Waals surface area contributed by atoms with Gasteiger partial charge in [0.05, 0.1) is 0 Å². The van der Waals surface area contributed by atoms with Crippen LogP contribution in [0.5, 0.6) is 0 Å². The van der Waals surface area contributed by atoms with Crippen LogP contribution in [0.4, 0.5) is 4.79 Å². The second-order valence-electron chi connectivity index (χ2n) is 10.2. The summed E-state index contributed by atoms with van der Waals surface area (Å²) >= 11 is 27.9. The molecule has 1 aliphatic heterocycles. The van der Waals surface area contributed by atoms with E-state index in [9.17, 15) is 14.4 Å². The summed E-state index contributed by atoms with van der Waals surface area (Å²) in [7, 11) is -3.53. The van der Waals surface area contributed by atoms with E-state index in [2.05, 4.69) is 19.2 Å². The molecule has 46 heavy (non-hydrogen) atoms. The van der Waals surface area contributed by atoms with Gasteiger partial charge in [-0.2, -0.15) is 0 Å². The van der Waals surface area contributed by atoms with Gasteiger partial charge in [0.25, 0.3) is 0 Å². The molecule has 14 heteroatoms. The Balaban J connectivity index is 1.90. The number of thiol groups is 1. The first-order valence-electron chi connectivity index (χ1n) is 14.0. The number of hydrogen-bond acceptors (Lipinski definition) is 8. The molecule has 0 spiro atoms. The summed E-state index contributed by atoms with van der Waals surface area (Å²) in [5.41, 5.74) is 0. The molecule has 4 rings (SSSR count). The maximum atomic E-state index is 14.5. The van der Waals surface area contributed by atoms with Gasteiger partial charge in [0.2, 0.25) is 0 Å². The van der Waals surface area contributed by atoms with Crippen LogP contribution in [-0.2, 0) is 23.8 Å². The normalized spacial score (nSPS) is 18.0. The summed E-state index contributed by atoms with van der Waals surface area (Å²) in [5, 5.41) is 1.86. The zero-order chi connectivity index (χ0) is 33.5. The number of benzene rings is 3. The minimum atomic E-state index is -3.53. The number of thiocarbonyl (C=S) groups is 1. The van der Waals surface area contributed by atoms with Gasteiger partial charge in [-0.25, -0.2) is 0 Å². The van der Waals surface area contributed by atoms with Gasteiger partial charge in [-0.1, -0.05) is 0 Å². The van der Waals surface area contributed by atoms with Crippen LogP contribution in [0.25, 0.3) is 0 Å². The molecule has 1 fully saturated rings. The molecule has 1 heterocycles. The average Bonchev–Trinajstić information content (AvgIpc) is 3.03. The Morgan fingerprint density at radius 1 is 0.978 bits per heavy atom. The molecule has 3 aromatic carbocycles.